The van der Waals surface area contributed by atoms with E-state index in [1.807, 2.05) is 38.1 Å². The lowest BCUT2D eigenvalue weighted by molar-refractivity contribution is -0.137. The molecule has 0 amide bonds. The van der Waals surface area contributed by atoms with Gasteiger partial charge in [-0.3, -0.25) is 4.79 Å². The lowest BCUT2D eigenvalue weighted by Crippen LogP contribution is -2.31. The van der Waals surface area contributed by atoms with E-state index in [9.17, 15) is 4.79 Å². The van der Waals surface area contributed by atoms with Crippen molar-refractivity contribution in [2.24, 2.45) is 0 Å². The predicted molar refractivity (Wildman–Crippen MR) is 67.4 cm³/mol. The van der Waals surface area contributed by atoms with Crippen LogP contribution in [0.5, 0.6) is 0 Å². The molecule has 1 unspecified atom stereocenters. The van der Waals surface area contributed by atoms with Crippen LogP contribution in [0.15, 0.2) is 28.7 Å². The van der Waals surface area contributed by atoms with E-state index in [-0.39, 0.29) is 18.5 Å². The van der Waals surface area contributed by atoms with Crippen molar-refractivity contribution in [3.05, 3.63) is 34.3 Å². The Morgan fingerprint density at radius 3 is 2.62 bits per heavy atom. The van der Waals surface area contributed by atoms with Crippen LogP contribution in [0.2, 0.25) is 0 Å². The zero-order chi connectivity index (χ0) is 12.1. The number of carboxylic acid groups (broad SMARTS) is 1. The first-order valence-electron chi connectivity index (χ1n) is 5.23. The van der Waals surface area contributed by atoms with Gasteiger partial charge in [0, 0.05) is 16.6 Å². The van der Waals surface area contributed by atoms with Crippen molar-refractivity contribution in [2.75, 3.05) is 0 Å². The van der Waals surface area contributed by atoms with Crippen LogP contribution in [-0.2, 0) is 4.79 Å². The molecule has 1 rings (SSSR count). The largest absolute Gasteiger partial charge is 0.481 e. The molecular weight excluding hydrogens is 270 g/mol. The summed E-state index contributed by atoms with van der Waals surface area (Å²) in [7, 11) is 0. The molecule has 0 saturated carbocycles. The van der Waals surface area contributed by atoms with Crippen LogP contribution in [0.4, 0.5) is 0 Å². The molecule has 0 heterocycles. The zero-order valence-corrected chi connectivity index (χ0v) is 11.0. The van der Waals surface area contributed by atoms with E-state index in [2.05, 4.69) is 21.2 Å². The van der Waals surface area contributed by atoms with E-state index in [1.54, 1.807) is 0 Å². The van der Waals surface area contributed by atoms with Crippen LogP contribution in [0.3, 0.4) is 0 Å². The van der Waals surface area contributed by atoms with Crippen molar-refractivity contribution < 1.29 is 9.90 Å². The molecule has 0 aliphatic carbocycles. The Morgan fingerprint density at radius 2 is 2.06 bits per heavy atom. The summed E-state index contributed by atoms with van der Waals surface area (Å²) in [5.74, 6) is -0.778. The highest BCUT2D eigenvalue weighted by Gasteiger charge is 2.13. The standard InChI is InChI=1S/C12H16BrNO2/c1-8(7-12(15)16)14-9(2)10-5-3-4-6-11(10)13/h3-6,8-9,14H,7H2,1-2H3,(H,15,16)/t8?,9-/m0/s1. The molecule has 88 valence electrons. The Bertz CT molecular complexity index is 368. The zero-order valence-electron chi connectivity index (χ0n) is 9.40. The van der Waals surface area contributed by atoms with Gasteiger partial charge >= 0.3 is 5.97 Å². The van der Waals surface area contributed by atoms with Gasteiger partial charge in [-0.15, -0.1) is 0 Å². The SMILES string of the molecule is CC(CC(=O)O)N[C@@H](C)c1ccccc1Br. The normalized spacial score (nSPS) is 14.4. The lowest BCUT2D eigenvalue weighted by atomic mass is 10.1. The number of rotatable bonds is 5. The van der Waals surface area contributed by atoms with Crippen molar-refractivity contribution in [3.8, 4) is 0 Å². The molecule has 2 N–H and O–H groups in total. The monoisotopic (exact) mass is 285 g/mol. The molecule has 0 radical (unpaired) electrons. The Morgan fingerprint density at radius 1 is 1.44 bits per heavy atom. The number of hydrogen-bond donors (Lipinski definition) is 2. The molecule has 16 heavy (non-hydrogen) atoms. The van der Waals surface area contributed by atoms with Gasteiger partial charge in [-0.25, -0.2) is 0 Å². The summed E-state index contributed by atoms with van der Waals surface area (Å²) in [5, 5.41) is 11.9. The fraction of sp³-hybridized carbons (Fsp3) is 0.417. The van der Waals surface area contributed by atoms with Crippen molar-refractivity contribution in [3.63, 3.8) is 0 Å². The molecule has 1 aromatic rings. The van der Waals surface area contributed by atoms with Crippen LogP contribution in [0.25, 0.3) is 0 Å². The lowest BCUT2D eigenvalue weighted by Gasteiger charge is -2.20. The molecule has 0 aliphatic rings. The maximum atomic E-state index is 10.5. The Hall–Kier alpha value is -0.870. The quantitative estimate of drug-likeness (QED) is 0.875. The highest BCUT2D eigenvalue weighted by Crippen LogP contribution is 2.23. The number of carbonyl (C=O) groups is 1. The minimum atomic E-state index is -0.778. The topological polar surface area (TPSA) is 49.3 Å². The van der Waals surface area contributed by atoms with Crippen LogP contribution in [0, 0.1) is 0 Å². The van der Waals surface area contributed by atoms with E-state index in [0.717, 1.165) is 10.0 Å². The van der Waals surface area contributed by atoms with Crippen LogP contribution in [0.1, 0.15) is 31.9 Å². The molecule has 1 aromatic carbocycles. The van der Waals surface area contributed by atoms with Gasteiger partial charge in [0.15, 0.2) is 0 Å². The number of hydrogen-bond acceptors (Lipinski definition) is 2. The van der Waals surface area contributed by atoms with Crippen molar-refractivity contribution in [2.45, 2.75) is 32.4 Å². The van der Waals surface area contributed by atoms with Gasteiger partial charge < -0.3 is 10.4 Å². The second-order valence-corrected chi connectivity index (χ2v) is 4.76. The Kier molecular flexibility index (Phi) is 4.96. The van der Waals surface area contributed by atoms with Gasteiger partial charge in [0.25, 0.3) is 0 Å². The highest BCUT2D eigenvalue weighted by atomic mass is 79.9. The molecule has 3 nitrogen and oxygen atoms in total. The first-order valence-corrected chi connectivity index (χ1v) is 6.02. The third kappa shape index (κ3) is 3.94. The summed E-state index contributed by atoms with van der Waals surface area (Å²) in [6.45, 7) is 3.90. The Balaban J connectivity index is 2.62. The molecular formula is C12H16BrNO2. The summed E-state index contributed by atoms with van der Waals surface area (Å²) in [5.41, 5.74) is 1.14. The van der Waals surface area contributed by atoms with Crippen LogP contribution in [-0.4, -0.2) is 17.1 Å². The summed E-state index contributed by atoms with van der Waals surface area (Å²) in [6, 6.07) is 8.02. The van der Waals surface area contributed by atoms with Crippen molar-refractivity contribution in [1.82, 2.24) is 5.32 Å². The number of nitrogens with one attached hydrogen (secondary N) is 1. The van der Waals surface area contributed by atoms with Crippen molar-refractivity contribution in [1.29, 1.82) is 0 Å². The molecule has 0 bridgehead atoms. The molecule has 0 fully saturated rings. The molecule has 0 aliphatic heterocycles. The van der Waals surface area contributed by atoms with E-state index in [4.69, 9.17) is 5.11 Å². The number of halogens is 1. The third-order valence-corrected chi connectivity index (χ3v) is 3.11. The minimum Gasteiger partial charge on any atom is -0.481 e. The number of carboxylic acids is 1. The number of aliphatic carboxylic acids is 1. The maximum absolute atomic E-state index is 10.5. The molecule has 0 saturated heterocycles. The van der Waals surface area contributed by atoms with Gasteiger partial charge in [-0.2, -0.15) is 0 Å². The van der Waals surface area contributed by atoms with Gasteiger partial charge in [-0.05, 0) is 25.5 Å². The van der Waals surface area contributed by atoms with Crippen LogP contribution >= 0.6 is 15.9 Å². The van der Waals surface area contributed by atoms with E-state index in [1.165, 1.54) is 0 Å². The average Bonchev–Trinajstić information content (AvgIpc) is 2.16. The second-order valence-electron chi connectivity index (χ2n) is 3.91. The summed E-state index contributed by atoms with van der Waals surface area (Å²) < 4.78 is 1.04. The average molecular weight is 286 g/mol. The minimum absolute atomic E-state index is 0.0420. The maximum Gasteiger partial charge on any atom is 0.304 e. The molecule has 2 atom stereocenters. The predicted octanol–water partition coefficient (Wildman–Crippen LogP) is 2.96. The summed E-state index contributed by atoms with van der Waals surface area (Å²) in [4.78, 5) is 10.5. The number of benzene rings is 1. The summed E-state index contributed by atoms with van der Waals surface area (Å²) >= 11 is 3.48. The molecule has 4 heteroatoms. The first kappa shape index (κ1) is 13.2. The van der Waals surface area contributed by atoms with E-state index >= 15 is 0 Å². The Labute approximate surface area is 104 Å². The molecule has 0 spiro atoms. The fourth-order valence-corrected chi connectivity index (χ4v) is 2.29. The summed E-state index contributed by atoms with van der Waals surface area (Å²) in [6.07, 6.45) is 0.134. The van der Waals surface area contributed by atoms with Gasteiger partial charge in [0.05, 0.1) is 6.42 Å². The fourth-order valence-electron chi connectivity index (χ4n) is 1.66. The van der Waals surface area contributed by atoms with Crippen LogP contribution < -0.4 is 5.32 Å². The van der Waals surface area contributed by atoms with E-state index in [0.29, 0.717) is 0 Å². The smallest absolute Gasteiger partial charge is 0.304 e. The second kappa shape index (κ2) is 6.01. The van der Waals surface area contributed by atoms with E-state index < -0.39 is 5.97 Å². The highest BCUT2D eigenvalue weighted by molar-refractivity contribution is 9.10. The first-order chi connectivity index (χ1) is 7.50. The van der Waals surface area contributed by atoms with Crippen molar-refractivity contribution >= 4 is 21.9 Å². The van der Waals surface area contributed by atoms with Gasteiger partial charge in [0.2, 0.25) is 0 Å². The molecule has 0 aromatic heterocycles. The van der Waals surface area contributed by atoms with Gasteiger partial charge in [0.1, 0.15) is 0 Å². The third-order valence-electron chi connectivity index (χ3n) is 2.39. The van der Waals surface area contributed by atoms with Gasteiger partial charge in [-0.1, -0.05) is 34.1 Å².